The molecule has 1 fully saturated rings. The molecular formula is C15H18BrNO3. The number of hydrogen-bond acceptors (Lipinski definition) is 2. The molecule has 0 radical (unpaired) electrons. The molecule has 1 N–H and O–H groups in total. The molecule has 0 aromatic heterocycles. The fourth-order valence-electron chi connectivity index (χ4n) is 2.54. The van der Waals surface area contributed by atoms with Gasteiger partial charge in [-0.3, -0.25) is 9.59 Å². The highest BCUT2D eigenvalue weighted by atomic mass is 79.9. The SMILES string of the molecule is Cc1ccc(C(=O)N2CCC(CCC(=O)O)C2)c(Br)c1. The standard InChI is InChI=1S/C15H18BrNO3/c1-10-2-4-12(13(16)8-10)15(20)17-7-6-11(9-17)3-5-14(18)19/h2,4,8,11H,3,5-7,9H2,1H3,(H,18,19). The molecule has 0 saturated carbocycles. The van der Waals surface area contributed by atoms with Gasteiger partial charge in [0.2, 0.25) is 0 Å². The second-order valence-corrected chi connectivity index (χ2v) is 6.18. The van der Waals surface area contributed by atoms with Gasteiger partial charge in [0.1, 0.15) is 0 Å². The second kappa shape index (κ2) is 6.39. The van der Waals surface area contributed by atoms with Gasteiger partial charge in [0.05, 0.1) is 5.56 Å². The number of carbonyl (C=O) groups excluding carboxylic acids is 1. The van der Waals surface area contributed by atoms with Crippen LogP contribution >= 0.6 is 15.9 Å². The Balaban J connectivity index is 1.99. The highest BCUT2D eigenvalue weighted by molar-refractivity contribution is 9.10. The van der Waals surface area contributed by atoms with E-state index in [0.29, 0.717) is 31.0 Å². The lowest BCUT2D eigenvalue weighted by Crippen LogP contribution is -2.29. The molecule has 1 heterocycles. The van der Waals surface area contributed by atoms with Crippen molar-refractivity contribution in [3.8, 4) is 0 Å². The van der Waals surface area contributed by atoms with Crippen LogP contribution in [0.1, 0.15) is 35.2 Å². The summed E-state index contributed by atoms with van der Waals surface area (Å²) in [4.78, 5) is 24.8. The smallest absolute Gasteiger partial charge is 0.303 e. The molecule has 0 bridgehead atoms. The fourth-order valence-corrected chi connectivity index (χ4v) is 3.21. The highest BCUT2D eigenvalue weighted by Gasteiger charge is 2.27. The first-order valence-electron chi connectivity index (χ1n) is 6.74. The Morgan fingerprint density at radius 1 is 1.45 bits per heavy atom. The molecule has 1 unspecified atom stereocenters. The monoisotopic (exact) mass is 339 g/mol. The van der Waals surface area contributed by atoms with Crippen molar-refractivity contribution >= 4 is 27.8 Å². The lowest BCUT2D eigenvalue weighted by Gasteiger charge is -2.17. The predicted octanol–water partition coefficient (Wildman–Crippen LogP) is 3.08. The molecule has 0 aliphatic carbocycles. The van der Waals surface area contributed by atoms with Gasteiger partial charge in [-0.15, -0.1) is 0 Å². The van der Waals surface area contributed by atoms with Gasteiger partial charge in [0.25, 0.3) is 5.91 Å². The maximum atomic E-state index is 12.4. The minimum absolute atomic E-state index is 0.0229. The van der Waals surface area contributed by atoms with Crippen LogP contribution in [-0.2, 0) is 4.79 Å². The Morgan fingerprint density at radius 3 is 2.85 bits per heavy atom. The molecule has 1 aromatic rings. The second-order valence-electron chi connectivity index (χ2n) is 5.32. The zero-order valence-corrected chi connectivity index (χ0v) is 13.0. The number of carboxylic acids is 1. The van der Waals surface area contributed by atoms with Crippen molar-refractivity contribution in [3.05, 3.63) is 33.8 Å². The number of hydrogen-bond donors (Lipinski definition) is 1. The lowest BCUT2D eigenvalue weighted by atomic mass is 10.0. The number of rotatable bonds is 4. The zero-order chi connectivity index (χ0) is 14.7. The number of amides is 1. The average Bonchev–Trinajstić information content (AvgIpc) is 2.84. The van der Waals surface area contributed by atoms with Crippen LogP contribution < -0.4 is 0 Å². The van der Waals surface area contributed by atoms with E-state index in [2.05, 4.69) is 15.9 Å². The van der Waals surface area contributed by atoms with Gasteiger partial charge in [-0.2, -0.15) is 0 Å². The van der Waals surface area contributed by atoms with Crippen molar-refractivity contribution in [2.24, 2.45) is 5.92 Å². The Labute approximate surface area is 126 Å². The molecule has 4 nitrogen and oxygen atoms in total. The third kappa shape index (κ3) is 3.60. The summed E-state index contributed by atoms with van der Waals surface area (Å²) in [6.07, 6.45) is 1.72. The topological polar surface area (TPSA) is 57.6 Å². The maximum Gasteiger partial charge on any atom is 0.303 e. The fraction of sp³-hybridized carbons (Fsp3) is 0.467. The predicted molar refractivity (Wildman–Crippen MR) is 79.8 cm³/mol. The highest BCUT2D eigenvalue weighted by Crippen LogP contribution is 2.25. The van der Waals surface area contributed by atoms with Crippen LogP contribution in [0.5, 0.6) is 0 Å². The summed E-state index contributed by atoms with van der Waals surface area (Å²) in [7, 11) is 0. The van der Waals surface area contributed by atoms with Crippen LogP contribution in [-0.4, -0.2) is 35.0 Å². The molecule has 1 aliphatic heterocycles. The largest absolute Gasteiger partial charge is 0.481 e. The lowest BCUT2D eigenvalue weighted by molar-refractivity contribution is -0.137. The number of halogens is 1. The quantitative estimate of drug-likeness (QED) is 0.916. The molecule has 1 aliphatic rings. The van der Waals surface area contributed by atoms with Gasteiger partial charge in [-0.05, 0) is 59.3 Å². The third-order valence-corrected chi connectivity index (χ3v) is 4.35. The van der Waals surface area contributed by atoms with E-state index in [0.717, 1.165) is 16.5 Å². The summed E-state index contributed by atoms with van der Waals surface area (Å²) < 4.78 is 0.816. The van der Waals surface area contributed by atoms with E-state index in [1.165, 1.54) is 0 Å². The molecule has 1 saturated heterocycles. The van der Waals surface area contributed by atoms with Gasteiger partial charge < -0.3 is 10.0 Å². The zero-order valence-electron chi connectivity index (χ0n) is 11.4. The van der Waals surface area contributed by atoms with Crippen molar-refractivity contribution in [2.75, 3.05) is 13.1 Å². The van der Waals surface area contributed by atoms with Crippen molar-refractivity contribution < 1.29 is 14.7 Å². The molecule has 1 amide bonds. The number of carbonyl (C=O) groups is 2. The Kier molecular flexibility index (Phi) is 4.81. The number of nitrogens with zero attached hydrogens (tertiary/aromatic N) is 1. The Hall–Kier alpha value is -1.36. The van der Waals surface area contributed by atoms with E-state index in [4.69, 9.17) is 5.11 Å². The number of likely N-dealkylation sites (tertiary alicyclic amines) is 1. The molecule has 1 aromatic carbocycles. The van der Waals surface area contributed by atoms with Crippen molar-refractivity contribution in [3.63, 3.8) is 0 Å². The van der Waals surface area contributed by atoms with E-state index >= 15 is 0 Å². The van der Waals surface area contributed by atoms with Gasteiger partial charge in [-0.1, -0.05) is 6.07 Å². The summed E-state index contributed by atoms with van der Waals surface area (Å²) in [5, 5.41) is 8.70. The number of carboxylic acid groups (broad SMARTS) is 1. The molecule has 0 spiro atoms. The van der Waals surface area contributed by atoms with Gasteiger partial charge >= 0.3 is 5.97 Å². The van der Waals surface area contributed by atoms with Crippen molar-refractivity contribution in [1.82, 2.24) is 4.90 Å². The van der Waals surface area contributed by atoms with Crippen LogP contribution in [0, 0.1) is 12.8 Å². The van der Waals surface area contributed by atoms with Crippen molar-refractivity contribution in [2.45, 2.75) is 26.2 Å². The van der Waals surface area contributed by atoms with Gasteiger partial charge in [0.15, 0.2) is 0 Å². The maximum absolute atomic E-state index is 12.4. The average molecular weight is 340 g/mol. The Morgan fingerprint density at radius 2 is 2.20 bits per heavy atom. The van der Waals surface area contributed by atoms with E-state index in [1.807, 2.05) is 30.0 Å². The van der Waals surface area contributed by atoms with E-state index < -0.39 is 5.97 Å². The first-order chi connectivity index (χ1) is 9.47. The molecule has 20 heavy (non-hydrogen) atoms. The van der Waals surface area contributed by atoms with Crippen LogP contribution in [0.2, 0.25) is 0 Å². The molecule has 5 heteroatoms. The number of benzene rings is 1. The summed E-state index contributed by atoms with van der Waals surface area (Å²) in [5.74, 6) is -0.440. The van der Waals surface area contributed by atoms with E-state index in [-0.39, 0.29) is 12.3 Å². The van der Waals surface area contributed by atoms with Crippen LogP contribution in [0.3, 0.4) is 0 Å². The molecule has 108 valence electrons. The van der Waals surface area contributed by atoms with Crippen LogP contribution in [0.25, 0.3) is 0 Å². The summed E-state index contributed by atoms with van der Waals surface area (Å²) in [5.41, 5.74) is 1.78. The number of aryl methyl sites for hydroxylation is 1. The van der Waals surface area contributed by atoms with Crippen molar-refractivity contribution in [1.29, 1.82) is 0 Å². The van der Waals surface area contributed by atoms with Gasteiger partial charge in [-0.25, -0.2) is 0 Å². The third-order valence-electron chi connectivity index (χ3n) is 3.69. The first kappa shape index (κ1) is 15.0. The number of aliphatic carboxylic acids is 1. The minimum atomic E-state index is -0.768. The first-order valence-corrected chi connectivity index (χ1v) is 7.54. The van der Waals surface area contributed by atoms with E-state index in [9.17, 15) is 9.59 Å². The van der Waals surface area contributed by atoms with Crippen LogP contribution in [0.4, 0.5) is 0 Å². The van der Waals surface area contributed by atoms with Crippen LogP contribution in [0.15, 0.2) is 22.7 Å². The van der Waals surface area contributed by atoms with E-state index in [1.54, 1.807) is 0 Å². The summed E-state index contributed by atoms with van der Waals surface area (Å²) in [6.45, 7) is 3.35. The normalized spacial score (nSPS) is 18.3. The molecule has 1 atom stereocenters. The summed E-state index contributed by atoms with van der Waals surface area (Å²) in [6, 6.07) is 5.70. The Bertz CT molecular complexity index is 530. The summed E-state index contributed by atoms with van der Waals surface area (Å²) >= 11 is 3.43. The minimum Gasteiger partial charge on any atom is -0.481 e. The van der Waals surface area contributed by atoms with Gasteiger partial charge in [0, 0.05) is 24.0 Å². The molecular weight excluding hydrogens is 322 g/mol. The molecule has 2 rings (SSSR count).